The monoisotopic (exact) mass is 284 g/mol. The minimum atomic E-state index is -0.787. The smallest absolute Gasteiger partial charge is 0.303 e. The lowest BCUT2D eigenvalue weighted by Gasteiger charge is -2.19. The Balaban J connectivity index is 2.11. The minimum Gasteiger partial charge on any atom is -0.481 e. The van der Waals surface area contributed by atoms with Crippen LogP contribution in [0.5, 0.6) is 0 Å². The Morgan fingerprint density at radius 3 is 2.29 bits per heavy atom. The fourth-order valence-corrected chi connectivity index (χ4v) is 2.18. The van der Waals surface area contributed by atoms with Crippen molar-refractivity contribution in [1.82, 2.24) is 0 Å². The van der Waals surface area contributed by atoms with E-state index in [9.17, 15) is 4.79 Å². The molecule has 0 aliphatic carbocycles. The van der Waals surface area contributed by atoms with Gasteiger partial charge in [0.05, 0.1) is 0 Å². The maximum atomic E-state index is 10.6. The zero-order chi connectivity index (χ0) is 15.1. The summed E-state index contributed by atoms with van der Waals surface area (Å²) in [6.07, 6.45) is 0.500. The second kappa shape index (κ2) is 7.60. The number of carboxylic acids is 1. The van der Waals surface area contributed by atoms with Gasteiger partial charge in [0.15, 0.2) is 0 Å². The fraction of sp³-hybridized carbons (Fsp3) is 0.278. The average molecular weight is 284 g/mol. The molecule has 2 aromatic rings. The normalized spacial score (nSPS) is 12.0. The molecule has 0 amide bonds. The highest BCUT2D eigenvalue weighted by atomic mass is 16.5. The summed E-state index contributed by atoms with van der Waals surface area (Å²) in [5.74, 6) is -0.787. The molecule has 2 aromatic carbocycles. The molecule has 3 nitrogen and oxygen atoms in total. The molecule has 0 aliphatic rings. The van der Waals surface area contributed by atoms with E-state index in [1.165, 1.54) is 5.56 Å². The lowest BCUT2D eigenvalue weighted by Crippen LogP contribution is -2.08. The van der Waals surface area contributed by atoms with E-state index in [1.807, 2.05) is 30.3 Å². The highest BCUT2D eigenvalue weighted by molar-refractivity contribution is 5.66. The summed E-state index contributed by atoms with van der Waals surface area (Å²) in [6.45, 7) is 2.48. The van der Waals surface area contributed by atoms with Gasteiger partial charge in [-0.05, 0) is 24.5 Å². The van der Waals surface area contributed by atoms with Gasteiger partial charge in [0.25, 0.3) is 0 Å². The number of benzene rings is 2. The summed E-state index contributed by atoms with van der Waals surface area (Å²) in [5.41, 5.74) is 3.37. The van der Waals surface area contributed by atoms with Crippen LogP contribution in [-0.2, 0) is 9.53 Å². The first-order chi connectivity index (χ1) is 10.2. The van der Waals surface area contributed by atoms with Crippen molar-refractivity contribution in [3.8, 4) is 0 Å². The molecule has 1 unspecified atom stereocenters. The van der Waals surface area contributed by atoms with Crippen molar-refractivity contribution in [3.63, 3.8) is 0 Å². The molecule has 0 heterocycles. The molecule has 0 saturated heterocycles. The van der Waals surface area contributed by atoms with Crippen molar-refractivity contribution in [2.45, 2.75) is 25.9 Å². The number of hydrogen-bond acceptors (Lipinski definition) is 2. The van der Waals surface area contributed by atoms with Gasteiger partial charge in [-0.15, -0.1) is 0 Å². The zero-order valence-electron chi connectivity index (χ0n) is 12.2. The molecular weight excluding hydrogens is 264 g/mol. The summed E-state index contributed by atoms with van der Waals surface area (Å²) in [7, 11) is 0. The maximum Gasteiger partial charge on any atom is 0.303 e. The van der Waals surface area contributed by atoms with Crippen LogP contribution in [0.2, 0.25) is 0 Å². The van der Waals surface area contributed by atoms with Crippen molar-refractivity contribution < 1.29 is 14.6 Å². The Morgan fingerprint density at radius 1 is 1.05 bits per heavy atom. The van der Waals surface area contributed by atoms with Crippen LogP contribution in [0.25, 0.3) is 0 Å². The molecule has 0 saturated carbocycles. The average Bonchev–Trinajstić information content (AvgIpc) is 2.49. The molecule has 0 aromatic heterocycles. The third-order valence-electron chi connectivity index (χ3n) is 3.30. The first kappa shape index (κ1) is 15.3. The van der Waals surface area contributed by atoms with Gasteiger partial charge < -0.3 is 9.84 Å². The Labute approximate surface area is 125 Å². The lowest BCUT2D eigenvalue weighted by molar-refractivity contribution is -0.137. The van der Waals surface area contributed by atoms with Crippen LogP contribution in [0.4, 0.5) is 0 Å². The topological polar surface area (TPSA) is 46.5 Å². The van der Waals surface area contributed by atoms with Crippen LogP contribution in [-0.4, -0.2) is 17.7 Å². The molecule has 0 bridgehead atoms. The van der Waals surface area contributed by atoms with E-state index in [0.29, 0.717) is 13.0 Å². The predicted molar refractivity (Wildman–Crippen MR) is 82.3 cm³/mol. The number of ether oxygens (including phenoxy) is 1. The molecule has 110 valence electrons. The van der Waals surface area contributed by atoms with Crippen LogP contribution in [0.15, 0.2) is 54.6 Å². The molecule has 0 radical (unpaired) electrons. The number of aryl methyl sites for hydroxylation is 1. The molecule has 21 heavy (non-hydrogen) atoms. The second-order valence-corrected chi connectivity index (χ2v) is 5.07. The van der Waals surface area contributed by atoms with Crippen molar-refractivity contribution in [2.24, 2.45) is 0 Å². The largest absolute Gasteiger partial charge is 0.481 e. The highest BCUT2D eigenvalue weighted by Crippen LogP contribution is 2.26. The van der Waals surface area contributed by atoms with Gasteiger partial charge in [-0.1, -0.05) is 60.2 Å². The summed E-state index contributed by atoms with van der Waals surface area (Å²) in [6, 6.07) is 18.2. The van der Waals surface area contributed by atoms with Crippen LogP contribution >= 0.6 is 0 Å². The molecular formula is C18H20O3. The van der Waals surface area contributed by atoms with E-state index in [2.05, 4.69) is 31.2 Å². The fourth-order valence-electron chi connectivity index (χ4n) is 2.18. The quantitative estimate of drug-likeness (QED) is 0.783. The van der Waals surface area contributed by atoms with Crippen molar-refractivity contribution in [3.05, 3.63) is 71.3 Å². The molecule has 3 heteroatoms. The van der Waals surface area contributed by atoms with Gasteiger partial charge in [-0.2, -0.15) is 0 Å². The molecule has 0 spiro atoms. The van der Waals surface area contributed by atoms with Crippen LogP contribution < -0.4 is 0 Å². The second-order valence-electron chi connectivity index (χ2n) is 5.07. The number of carbonyl (C=O) groups is 1. The maximum absolute atomic E-state index is 10.6. The molecule has 1 N–H and O–H groups in total. The van der Waals surface area contributed by atoms with E-state index in [4.69, 9.17) is 9.84 Å². The van der Waals surface area contributed by atoms with Gasteiger partial charge >= 0.3 is 5.97 Å². The van der Waals surface area contributed by atoms with Crippen LogP contribution in [0.1, 0.15) is 35.6 Å². The molecule has 0 fully saturated rings. The SMILES string of the molecule is Cc1ccc(C(OCCCC(=O)O)c2ccccc2)cc1. The first-order valence-electron chi connectivity index (χ1n) is 7.12. The standard InChI is InChI=1S/C18H20O3/c1-14-9-11-16(12-10-14)18(15-6-3-2-4-7-15)21-13-5-8-17(19)20/h2-4,6-7,9-12,18H,5,8,13H2,1H3,(H,19,20). The molecule has 0 aliphatic heterocycles. The first-order valence-corrected chi connectivity index (χ1v) is 7.12. The highest BCUT2D eigenvalue weighted by Gasteiger charge is 2.14. The minimum absolute atomic E-state index is 0.134. The summed E-state index contributed by atoms with van der Waals surface area (Å²) < 4.78 is 5.94. The Morgan fingerprint density at radius 2 is 1.67 bits per heavy atom. The van der Waals surface area contributed by atoms with E-state index >= 15 is 0 Å². The van der Waals surface area contributed by atoms with E-state index < -0.39 is 5.97 Å². The number of rotatable bonds is 7. The third-order valence-corrected chi connectivity index (χ3v) is 3.30. The van der Waals surface area contributed by atoms with Gasteiger partial charge in [-0.25, -0.2) is 0 Å². The van der Waals surface area contributed by atoms with Crippen molar-refractivity contribution in [1.29, 1.82) is 0 Å². The van der Waals surface area contributed by atoms with Crippen molar-refractivity contribution in [2.75, 3.05) is 6.61 Å². The predicted octanol–water partition coefficient (Wildman–Crippen LogP) is 3.97. The third kappa shape index (κ3) is 4.72. The van der Waals surface area contributed by atoms with Crippen molar-refractivity contribution >= 4 is 5.97 Å². The van der Waals surface area contributed by atoms with Gasteiger partial charge in [0.2, 0.25) is 0 Å². The van der Waals surface area contributed by atoms with Gasteiger partial charge in [0, 0.05) is 13.0 Å². The summed E-state index contributed by atoms with van der Waals surface area (Å²) in [5, 5.41) is 8.69. The number of aliphatic carboxylic acids is 1. The van der Waals surface area contributed by atoms with E-state index in [1.54, 1.807) is 0 Å². The van der Waals surface area contributed by atoms with Crippen LogP contribution in [0, 0.1) is 6.92 Å². The van der Waals surface area contributed by atoms with E-state index in [-0.39, 0.29) is 12.5 Å². The zero-order valence-corrected chi connectivity index (χ0v) is 12.2. The van der Waals surface area contributed by atoms with Gasteiger partial charge in [-0.3, -0.25) is 4.79 Å². The Kier molecular flexibility index (Phi) is 5.52. The molecule has 2 rings (SSSR count). The summed E-state index contributed by atoms with van der Waals surface area (Å²) in [4.78, 5) is 10.6. The lowest BCUT2D eigenvalue weighted by atomic mass is 10.0. The number of carboxylic acid groups (broad SMARTS) is 1. The van der Waals surface area contributed by atoms with E-state index in [0.717, 1.165) is 11.1 Å². The summed E-state index contributed by atoms with van der Waals surface area (Å²) >= 11 is 0. The van der Waals surface area contributed by atoms with Gasteiger partial charge in [0.1, 0.15) is 6.10 Å². The Hall–Kier alpha value is -2.13. The molecule has 1 atom stereocenters. The van der Waals surface area contributed by atoms with Crippen LogP contribution in [0.3, 0.4) is 0 Å². The number of hydrogen-bond donors (Lipinski definition) is 1. The Bertz CT molecular complexity index is 561.